The molecule has 0 spiro atoms. The molecular weight excluding hydrogens is 486 g/mol. The predicted octanol–water partition coefficient (Wildman–Crippen LogP) is 4.83. The van der Waals surface area contributed by atoms with E-state index < -0.39 is 16.1 Å². The van der Waals surface area contributed by atoms with Crippen LogP contribution in [0.15, 0.2) is 48.5 Å². The lowest BCUT2D eigenvalue weighted by atomic mass is 10.1. The Morgan fingerprint density at radius 3 is 2.08 bits per heavy atom. The number of nitrogens with zero attached hydrogens (tertiary/aromatic N) is 2. The number of nitrogens with one attached hydrogen (secondary N) is 1. The fraction of sp³-hybridized carbons (Fsp3) is 0.517. The molecule has 0 heterocycles. The number of rotatable bonds is 15. The van der Waals surface area contributed by atoms with Crippen molar-refractivity contribution in [1.29, 1.82) is 0 Å². The Hall–Kier alpha value is -2.87. The van der Waals surface area contributed by atoms with Crippen LogP contribution in [0.2, 0.25) is 0 Å². The zero-order valence-electron chi connectivity index (χ0n) is 23.0. The molecule has 0 fully saturated rings. The monoisotopic (exact) mass is 529 g/mol. The van der Waals surface area contributed by atoms with E-state index in [1.165, 1.54) is 10.6 Å². The first kappa shape index (κ1) is 30.4. The zero-order valence-corrected chi connectivity index (χ0v) is 23.8. The summed E-state index contributed by atoms with van der Waals surface area (Å²) in [7, 11) is -3.51. The van der Waals surface area contributed by atoms with Crippen LogP contribution in [0.3, 0.4) is 0 Å². The van der Waals surface area contributed by atoms with E-state index in [1.807, 2.05) is 57.2 Å². The second kappa shape index (κ2) is 14.8. The molecule has 0 saturated carbocycles. The summed E-state index contributed by atoms with van der Waals surface area (Å²) in [6.07, 6.45) is 4.89. The van der Waals surface area contributed by atoms with Crippen molar-refractivity contribution in [2.24, 2.45) is 0 Å². The Morgan fingerprint density at radius 2 is 1.54 bits per heavy atom. The second-order valence-corrected chi connectivity index (χ2v) is 11.4. The number of benzene rings is 2. The van der Waals surface area contributed by atoms with Gasteiger partial charge in [0.2, 0.25) is 21.8 Å². The molecule has 37 heavy (non-hydrogen) atoms. The van der Waals surface area contributed by atoms with Gasteiger partial charge in [-0.15, -0.1) is 0 Å². The molecule has 2 aromatic rings. The summed E-state index contributed by atoms with van der Waals surface area (Å²) in [4.78, 5) is 28.1. The van der Waals surface area contributed by atoms with Crippen LogP contribution in [0, 0.1) is 6.92 Å². The van der Waals surface area contributed by atoms with Gasteiger partial charge >= 0.3 is 0 Å². The molecule has 204 valence electrons. The fourth-order valence-corrected chi connectivity index (χ4v) is 5.18. The molecule has 0 saturated heterocycles. The molecule has 1 N–H and O–H groups in total. The number of aryl methyl sites for hydroxylation is 2. The molecule has 0 aromatic heterocycles. The highest BCUT2D eigenvalue weighted by atomic mass is 32.2. The molecule has 0 unspecified atom stereocenters. The van der Waals surface area contributed by atoms with Crippen molar-refractivity contribution in [1.82, 2.24) is 10.2 Å². The van der Waals surface area contributed by atoms with Gasteiger partial charge in [-0.2, -0.15) is 0 Å². The van der Waals surface area contributed by atoms with Crippen LogP contribution in [0.4, 0.5) is 5.69 Å². The lowest BCUT2D eigenvalue weighted by Gasteiger charge is -2.31. The number of amides is 2. The van der Waals surface area contributed by atoms with Crippen molar-refractivity contribution in [3.63, 3.8) is 0 Å². The number of carbonyl (C=O) groups is 2. The molecule has 1 atom stereocenters. The number of anilines is 1. The topological polar surface area (TPSA) is 86.8 Å². The number of unbranched alkanes of at least 4 members (excludes halogenated alkanes) is 1. The molecule has 8 heteroatoms. The maximum Gasteiger partial charge on any atom is 0.242 e. The Bertz CT molecular complexity index is 1100. The van der Waals surface area contributed by atoms with E-state index in [9.17, 15) is 18.0 Å². The summed E-state index contributed by atoms with van der Waals surface area (Å²) >= 11 is 0. The fourth-order valence-electron chi connectivity index (χ4n) is 4.22. The van der Waals surface area contributed by atoms with Gasteiger partial charge in [-0.25, -0.2) is 8.42 Å². The van der Waals surface area contributed by atoms with Gasteiger partial charge in [0.1, 0.15) is 6.04 Å². The summed E-state index contributed by atoms with van der Waals surface area (Å²) < 4.78 is 26.4. The van der Waals surface area contributed by atoms with Crippen molar-refractivity contribution in [3.8, 4) is 0 Å². The Labute approximate surface area is 223 Å². The van der Waals surface area contributed by atoms with Crippen LogP contribution >= 0.6 is 0 Å². The highest BCUT2D eigenvalue weighted by Crippen LogP contribution is 2.20. The maximum absolute atomic E-state index is 13.5. The second-order valence-electron chi connectivity index (χ2n) is 9.53. The third-order valence-corrected chi connectivity index (χ3v) is 7.67. The minimum absolute atomic E-state index is 0.143. The minimum Gasteiger partial charge on any atom is -0.354 e. The first-order valence-corrected chi connectivity index (χ1v) is 15.1. The Morgan fingerprint density at radius 1 is 0.919 bits per heavy atom. The summed E-state index contributed by atoms with van der Waals surface area (Å²) in [5.41, 5.74) is 3.79. The lowest BCUT2D eigenvalue weighted by Crippen LogP contribution is -2.49. The molecule has 0 aliphatic rings. The molecule has 2 rings (SSSR count). The van der Waals surface area contributed by atoms with Gasteiger partial charge in [-0.3, -0.25) is 13.9 Å². The standard InChI is InChI=1S/C29H43N3O4S/c1-6-9-20-30-29(34)27(8-3)31(22-25-14-12-23(4)13-15-25)28(33)11-10-21-32(37(5,35)36)26-18-16-24(7-2)17-19-26/h12-19,27H,6-11,20-22H2,1-5H3,(H,30,34)/t27-/m0/s1. The zero-order chi connectivity index (χ0) is 27.4. The first-order valence-electron chi connectivity index (χ1n) is 13.3. The quantitative estimate of drug-likeness (QED) is 0.335. The van der Waals surface area contributed by atoms with Gasteiger partial charge in [0.05, 0.1) is 11.9 Å². The van der Waals surface area contributed by atoms with Gasteiger partial charge in [-0.05, 0) is 55.9 Å². The van der Waals surface area contributed by atoms with Gasteiger partial charge in [0, 0.05) is 26.1 Å². The third-order valence-electron chi connectivity index (χ3n) is 6.47. The number of hydrogen-bond acceptors (Lipinski definition) is 4. The summed E-state index contributed by atoms with van der Waals surface area (Å²) in [5, 5.41) is 2.97. The van der Waals surface area contributed by atoms with Gasteiger partial charge in [0.15, 0.2) is 0 Å². The maximum atomic E-state index is 13.5. The molecule has 0 aliphatic carbocycles. The van der Waals surface area contributed by atoms with E-state index in [0.717, 1.165) is 36.0 Å². The summed E-state index contributed by atoms with van der Waals surface area (Å²) in [5.74, 6) is -0.307. The van der Waals surface area contributed by atoms with Crippen molar-refractivity contribution < 1.29 is 18.0 Å². The van der Waals surface area contributed by atoms with Crippen molar-refractivity contribution in [2.75, 3.05) is 23.7 Å². The van der Waals surface area contributed by atoms with Crippen molar-refractivity contribution in [2.45, 2.75) is 78.8 Å². The Kier molecular flexibility index (Phi) is 12.1. The van der Waals surface area contributed by atoms with E-state index >= 15 is 0 Å². The first-order chi connectivity index (χ1) is 17.6. The molecular formula is C29H43N3O4S. The third kappa shape index (κ3) is 9.50. The minimum atomic E-state index is -3.51. The lowest BCUT2D eigenvalue weighted by molar-refractivity contribution is -0.141. The Balaban J connectivity index is 2.18. The predicted molar refractivity (Wildman–Crippen MR) is 151 cm³/mol. The molecule has 7 nitrogen and oxygen atoms in total. The van der Waals surface area contributed by atoms with E-state index in [2.05, 4.69) is 12.2 Å². The van der Waals surface area contributed by atoms with Crippen LogP contribution in [0.5, 0.6) is 0 Å². The average Bonchev–Trinajstić information content (AvgIpc) is 2.87. The molecule has 0 bridgehead atoms. The van der Waals surface area contributed by atoms with Gasteiger partial charge in [0.25, 0.3) is 0 Å². The number of carbonyl (C=O) groups excluding carboxylic acids is 2. The number of hydrogen-bond donors (Lipinski definition) is 1. The average molecular weight is 530 g/mol. The summed E-state index contributed by atoms with van der Waals surface area (Å²) in [6, 6.07) is 14.8. The van der Waals surface area contributed by atoms with Gasteiger partial charge in [-0.1, -0.05) is 69.2 Å². The molecule has 0 radical (unpaired) electrons. The van der Waals surface area contributed by atoms with E-state index in [-0.39, 0.29) is 24.8 Å². The van der Waals surface area contributed by atoms with Crippen LogP contribution in [-0.4, -0.2) is 50.5 Å². The molecule has 2 amide bonds. The van der Waals surface area contributed by atoms with E-state index in [1.54, 1.807) is 17.0 Å². The molecule has 2 aromatic carbocycles. The van der Waals surface area contributed by atoms with Crippen LogP contribution in [-0.2, 0) is 32.6 Å². The largest absolute Gasteiger partial charge is 0.354 e. The number of sulfonamides is 1. The summed E-state index contributed by atoms with van der Waals surface area (Å²) in [6.45, 7) is 9.12. The van der Waals surface area contributed by atoms with Gasteiger partial charge < -0.3 is 10.2 Å². The van der Waals surface area contributed by atoms with Crippen LogP contribution < -0.4 is 9.62 Å². The van der Waals surface area contributed by atoms with Crippen molar-refractivity contribution >= 4 is 27.5 Å². The van der Waals surface area contributed by atoms with E-state index in [4.69, 9.17) is 0 Å². The van der Waals surface area contributed by atoms with Crippen LogP contribution in [0.1, 0.15) is 69.6 Å². The van der Waals surface area contributed by atoms with Crippen molar-refractivity contribution in [3.05, 3.63) is 65.2 Å². The highest BCUT2D eigenvalue weighted by Gasteiger charge is 2.28. The van der Waals surface area contributed by atoms with Crippen LogP contribution in [0.25, 0.3) is 0 Å². The van der Waals surface area contributed by atoms with E-state index in [0.29, 0.717) is 31.6 Å². The highest BCUT2D eigenvalue weighted by molar-refractivity contribution is 7.92. The smallest absolute Gasteiger partial charge is 0.242 e. The SMILES string of the molecule is CCCCNC(=O)[C@H](CC)N(Cc1ccc(C)cc1)C(=O)CCCN(c1ccc(CC)cc1)S(C)(=O)=O. The normalized spacial score (nSPS) is 12.1. The molecule has 0 aliphatic heterocycles.